The maximum atomic E-state index is 5.23. The van der Waals surface area contributed by atoms with Crippen LogP contribution in [0.15, 0.2) is 46.9 Å². The van der Waals surface area contributed by atoms with Gasteiger partial charge in [0.15, 0.2) is 0 Å². The van der Waals surface area contributed by atoms with Crippen LogP contribution >= 0.6 is 15.9 Å². The van der Waals surface area contributed by atoms with Gasteiger partial charge in [-0.15, -0.1) is 0 Å². The summed E-state index contributed by atoms with van der Waals surface area (Å²) in [5, 5.41) is 0. The Morgan fingerprint density at radius 3 is 2.95 bits per heavy atom. The lowest BCUT2D eigenvalue weighted by Gasteiger charge is -2.02. The van der Waals surface area contributed by atoms with E-state index in [4.69, 9.17) is 4.74 Å². The molecule has 4 heteroatoms. The lowest BCUT2D eigenvalue weighted by Crippen LogP contribution is -1.91. The summed E-state index contributed by atoms with van der Waals surface area (Å²) in [6.45, 7) is 0. The van der Waals surface area contributed by atoms with Gasteiger partial charge in [0.2, 0.25) is 0 Å². The molecule has 0 spiro atoms. The van der Waals surface area contributed by atoms with Crippen molar-refractivity contribution in [3.63, 3.8) is 0 Å². The Morgan fingerprint density at radius 2 is 2.11 bits per heavy atom. The smallest absolute Gasteiger partial charge is 0.119 e. The summed E-state index contributed by atoms with van der Waals surface area (Å²) in [4.78, 5) is 7.93. The maximum Gasteiger partial charge on any atom is 0.119 e. The van der Waals surface area contributed by atoms with Crippen LogP contribution in [0.4, 0.5) is 0 Å². The second kappa shape index (κ2) is 5.05. The number of rotatable bonds is 3. The fraction of sp³-hybridized carbons (Fsp3) is 0.133. The number of hydrogen-bond donors (Lipinski definition) is 1. The molecule has 2 aromatic carbocycles. The number of H-pyrrole nitrogens is 1. The SMILES string of the molecule is COc1cccc(Cc2nc3ccc(Br)cc3[nH]2)c1. The van der Waals surface area contributed by atoms with Crippen LogP contribution in [-0.2, 0) is 6.42 Å². The molecule has 3 nitrogen and oxygen atoms in total. The van der Waals surface area contributed by atoms with Crippen molar-refractivity contribution in [3.8, 4) is 5.75 Å². The van der Waals surface area contributed by atoms with E-state index in [1.807, 2.05) is 36.4 Å². The van der Waals surface area contributed by atoms with Gasteiger partial charge in [-0.05, 0) is 35.9 Å². The fourth-order valence-corrected chi connectivity index (χ4v) is 2.46. The van der Waals surface area contributed by atoms with Crippen molar-refractivity contribution in [3.05, 3.63) is 58.3 Å². The highest BCUT2D eigenvalue weighted by atomic mass is 79.9. The minimum absolute atomic E-state index is 0.767. The molecule has 0 saturated heterocycles. The maximum absolute atomic E-state index is 5.23. The van der Waals surface area contributed by atoms with Crippen molar-refractivity contribution in [1.82, 2.24) is 9.97 Å². The Balaban J connectivity index is 1.92. The van der Waals surface area contributed by atoms with E-state index in [0.29, 0.717) is 0 Å². The Bertz CT molecular complexity index is 721. The third kappa shape index (κ3) is 2.63. The molecule has 0 atom stereocenters. The summed E-state index contributed by atoms with van der Waals surface area (Å²) in [7, 11) is 1.68. The van der Waals surface area contributed by atoms with Crippen molar-refractivity contribution in [1.29, 1.82) is 0 Å². The number of methoxy groups -OCH3 is 1. The Hall–Kier alpha value is -1.81. The highest BCUT2D eigenvalue weighted by Crippen LogP contribution is 2.20. The molecular weight excluding hydrogens is 304 g/mol. The predicted octanol–water partition coefficient (Wildman–Crippen LogP) is 3.92. The van der Waals surface area contributed by atoms with Crippen LogP contribution in [0.3, 0.4) is 0 Å². The number of fused-ring (bicyclic) bond motifs is 1. The lowest BCUT2D eigenvalue weighted by atomic mass is 10.1. The number of benzene rings is 2. The van der Waals surface area contributed by atoms with Crippen LogP contribution in [-0.4, -0.2) is 17.1 Å². The van der Waals surface area contributed by atoms with Crippen LogP contribution in [0.25, 0.3) is 11.0 Å². The zero-order valence-corrected chi connectivity index (χ0v) is 12.1. The van der Waals surface area contributed by atoms with Crippen molar-refractivity contribution in [2.45, 2.75) is 6.42 Å². The number of halogens is 1. The molecule has 0 bridgehead atoms. The first-order valence-electron chi connectivity index (χ1n) is 6.02. The van der Waals surface area contributed by atoms with Crippen LogP contribution < -0.4 is 4.74 Å². The lowest BCUT2D eigenvalue weighted by molar-refractivity contribution is 0.414. The van der Waals surface area contributed by atoms with Gasteiger partial charge in [-0.3, -0.25) is 0 Å². The number of nitrogens with one attached hydrogen (secondary N) is 1. The van der Waals surface area contributed by atoms with Crippen molar-refractivity contribution in [2.75, 3.05) is 7.11 Å². The zero-order valence-electron chi connectivity index (χ0n) is 10.5. The molecule has 1 aromatic heterocycles. The standard InChI is InChI=1S/C15H13BrN2O/c1-19-12-4-2-3-10(7-12)8-15-17-13-6-5-11(16)9-14(13)18-15/h2-7,9H,8H2,1H3,(H,17,18). The van der Waals surface area contributed by atoms with Gasteiger partial charge in [-0.2, -0.15) is 0 Å². The molecule has 0 fully saturated rings. The first kappa shape index (κ1) is 12.2. The molecule has 3 aromatic rings. The summed E-state index contributed by atoms with van der Waals surface area (Å²) >= 11 is 3.46. The summed E-state index contributed by atoms with van der Waals surface area (Å²) in [5.41, 5.74) is 3.21. The van der Waals surface area contributed by atoms with Gasteiger partial charge in [0.1, 0.15) is 11.6 Å². The molecule has 96 valence electrons. The van der Waals surface area contributed by atoms with E-state index < -0.39 is 0 Å². The monoisotopic (exact) mass is 316 g/mol. The zero-order chi connectivity index (χ0) is 13.2. The number of hydrogen-bond acceptors (Lipinski definition) is 2. The van der Waals surface area contributed by atoms with Crippen LogP contribution in [0.5, 0.6) is 5.75 Å². The number of ether oxygens (including phenoxy) is 1. The topological polar surface area (TPSA) is 37.9 Å². The van der Waals surface area contributed by atoms with Gasteiger partial charge < -0.3 is 9.72 Å². The molecule has 1 N–H and O–H groups in total. The summed E-state index contributed by atoms with van der Waals surface area (Å²) in [6, 6.07) is 14.1. The average molecular weight is 317 g/mol. The minimum Gasteiger partial charge on any atom is -0.497 e. The molecule has 0 unspecified atom stereocenters. The highest BCUT2D eigenvalue weighted by Gasteiger charge is 2.05. The second-order valence-electron chi connectivity index (χ2n) is 4.37. The third-order valence-electron chi connectivity index (χ3n) is 3.00. The van der Waals surface area contributed by atoms with E-state index in [0.717, 1.165) is 33.5 Å². The quantitative estimate of drug-likeness (QED) is 0.795. The molecule has 0 aliphatic rings. The molecule has 3 rings (SSSR count). The minimum atomic E-state index is 0.767. The van der Waals surface area contributed by atoms with Gasteiger partial charge in [-0.25, -0.2) is 4.98 Å². The predicted molar refractivity (Wildman–Crippen MR) is 79.6 cm³/mol. The molecule has 0 aliphatic carbocycles. The van der Waals surface area contributed by atoms with Crippen LogP contribution in [0.2, 0.25) is 0 Å². The number of nitrogens with zero attached hydrogens (tertiary/aromatic N) is 1. The van der Waals surface area contributed by atoms with Gasteiger partial charge in [-0.1, -0.05) is 28.1 Å². The van der Waals surface area contributed by atoms with E-state index in [1.54, 1.807) is 7.11 Å². The largest absolute Gasteiger partial charge is 0.497 e. The summed E-state index contributed by atoms with van der Waals surface area (Å²) in [5.74, 6) is 1.83. The van der Waals surface area contributed by atoms with E-state index in [9.17, 15) is 0 Å². The average Bonchev–Trinajstić information content (AvgIpc) is 2.80. The Kier molecular flexibility index (Phi) is 3.25. The number of aromatic amines is 1. The molecule has 0 aliphatic heterocycles. The van der Waals surface area contributed by atoms with Gasteiger partial charge in [0, 0.05) is 10.9 Å². The third-order valence-corrected chi connectivity index (χ3v) is 3.49. The molecule has 0 saturated carbocycles. The number of imidazole rings is 1. The van der Waals surface area contributed by atoms with Gasteiger partial charge in [0.25, 0.3) is 0 Å². The molecule has 0 amide bonds. The van der Waals surface area contributed by atoms with Crippen LogP contribution in [0.1, 0.15) is 11.4 Å². The highest BCUT2D eigenvalue weighted by molar-refractivity contribution is 9.10. The molecule has 0 radical (unpaired) electrons. The van der Waals surface area contributed by atoms with E-state index >= 15 is 0 Å². The second-order valence-corrected chi connectivity index (χ2v) is 5.29. The van der Waals surface area contributed by atoms with Crippen molar-refractivity contribution in [2.24, 2.45) is 0 Å². The number of aromatic nitrogens is 2. The molecule has 1 heterocycles. The normalized spacial score (nSPS) is 10.8. The summed E-state index contributed by atoms with van der Waals surface area (Å²) in [6.07, 6.45) is 0.767. The fourth-order valence-electron chi connectivity index (χ4n) is 2.09. The Morgan fingerprint density at radius 1 is 1.21 bits per heavy atom. The van der Waals surface area contributed by atoms with Gasteiger partial charge >= 0.3 is 0 Å². The van der Waals surface area contributed by atoms with Crippen LogP contribution in [0, 0.1) is 0 Å². The molecular formula is C15H13BrN2O. The van der Waals surface area contributed by atoms with E-state index in [1.165, 1.54) is 5.56 Å². The molecule has 19 heavy (non-hydrogen) atoms. The summed E-state index contributed by atoms with van der Waals surface area (Å²) < 4.78 is 6.28. The van der Waals surface area contributed by atoms with Crippen molar-refractivity contribution < 1.29 is 4.74 Å². The van der Waals surface area contributed by atoms with Gasteiger partial charge in [0.05, 0.1) is 18.1 Å². The van der Waals surface area contributed by atoms with E-state index in [-0.39, 0.29) is 0 Å². The first-order chi connectivity index (χ1) is 9.24. The van der Waals surface area contributed by atoms with Crippen molar-refractivity contribution >= 4 is 27.0 Å². The first-order valence-corrected chi connectivity index (χ1v) is 6.81. The van der Waals surface area contributed by atoms with E-state index in [2.05, 4.69) is 32.0 Å². The Labute approximate surface area is 119 Å².